The molecule has 1 aromatic heterocycles. The number of hydrogen-bond donors (Lipinski definition) is 0. The zero-order valence-electron chi connectivity index (χ0n) is 12.9. The standard InChI is InChI=1S/C16H15BrFN3O3/c1-2-23-15(22)10-6-19-16(20-7-10)21-8-12(9-21)24-14-5-11(18)3-4-13(14)17/h3-7,12H,2,8-9H2,1H3. The van der Waals surface area contributed by atoms with Crippen LogP contribution in [-0.2, 0) is 4.74 Å². The van der Waals surface area contributed by atoms with Crippen molar-refractivity contribution in [3.05, 3.63) is 46.4 Å². The van der Waals surface area contributed by atoms with Crippen molar-refractivity contribution in [1.82, 2.24) is 9.97 Å². The number of anilines is 1. The first kappa shape index (κ1) is 16.6. The van der Waals surface area contributed by atoms with E-state index < -0.39 is 5.97 Å². The summed E-state index contributed by atoms with van der Waals surface area (Å²) in [7, 11) is 0. The summed E-state index contributed by atoms with van der Waals surface area (Å²) in [5, 5.41) is 0. The fourth-order valence-electron chi connectivity index (χ4n) is 2.23. The van der Waals surface area contributed by atoms with Crippen LogP contribution in [-0.4, -0.2) is 41.7 Å². The molecule has 8 heteroatoms. The fraction of sp³-hybridized carbons (Fsp3) is 0.312. The summed E-state index contributed by atoms with van der Waals surface area (Å²) in [5.74, 6) is 0.200. The number of esters is 1. The second kappa shape index (κ2) is 7.12. The molecule has 1 saturated heterocycles. The third-order valence-corrected chi connectivity index (χ3v) is 4.12. The highest BCUT2D eigenvalue weighted by Gasteiger charge is 2.31. The lowest BCUT2D eigenvalue weighted by Crippen LogP contribution is -2.54. The lowest BCUT2D eigenvalue weighted by atomic mass is 10.2. The Hall–Kier alpha value is -2.22. The van der Waals surface area contributed by atoms with Crippen molar-refractivity contribution in [1.29, 1.82) is 0 Å². The third-order valence-electron chi connectivity index (χ3n) is 3.47. The molecule has 0 spiro atoms. The number of ether oxygens (including phenoxy) is 2. The van der Waals surface area contributed by atoms with Crippen molar-refractivity contribution in [2.45, 2.75) is 13.0 Å². The van der Waals surface area contributed by atoms with Crippen molar-refractivity contribution < 1.29 is 18.7 Å². The van der Waals surface area contributed by atoms with Gasteiger partial charge in [-0.05, 0) is 35.0 Å². The quantitative estimate of drug-likeness (QED) is 0.725. The Morgan fingerprint density at radius 2 is 2.08 bits per heavy atom. The number of aromatic nitrogens is 2. The molecule has 1 fully saturated rings. The molecule has 0 saturated carbocycles. The van der Waals surface area contributed by atoms with Crippen molar-refractivity contribution in [2.75, 3.05) is 24.6 Å². The van der Waals surface area contributed by atoms with Crippen LogP contribution in [0.3, 0.4) is 0 Å². The topological polar surface area (TPSA) is 64.5 Å². The van der Waals surface area contributed by atoms with Crippen LogP contribution in [0.15, 0.2) is 35.1 Å². The van der Waals surface area contributed by atoms with E-state index >= 15 is 0 Å². The minimum absolute atomic E-state index is 0.0727. The Kier molecular flexibility index (Phi) is 4.94. The van der Waals surface area contributed by atoms with Gasteiger partial charge >= 0.3 is 5.97 Å². The van der Waals surface area contributed by atoms with Crippen LogP contribution in [0.4, 0.5) is 10.3 Å². The summed E-state index contributed by atoms with van der Waals surface area (Å²) in [6.45, 7) is 3.22. The minimum atomic E-state index is -0.440. The Morgan fingerprint density at radius 3 is 2.75 bits per heavy atom. The van der Waals surface area contributed by atoms with E-state index in [0.717, 1.165) is 0 Å². The second-order valence-electron chi connectivity index (χ2n) is 5.21. The maximum atomic E-state index is 13.3. The molecule has 0 N–H and O–H groups in total. The summed E-state index contributed by atoms with van der Waals surface area (Å²) in [6, 6.07) is 4.32. The van der Waals surface area contributed by atoms with E-state index in [1.165, 1.54) is 24.5 Å². The van der Waals surface area contributed by atoms with Crippen molar-refractivity contribution in [2.24, 2.45) is 0 Å². The molecule has 24 heavy (non-hydrogen) atoms. The highest BCUT2D eigenvalue weighted by molar-refractivity contribution is 9.10. The molecule has 1 aromatic carbocycles. The Bertz CT molecular complexity index is 736. The van der Waals surface area contributed by atoms with Gasteiger partial charge in [0.25, 0.3) is 0 Å². The molecule has 0 unspecified atom stereocenters. The summed E-state index contributed by atoms with van der Waals surface area (Å²) in [6.07, 6.45) is 2.81. The molecule has 126 valence electrons. The number of carbonyl (C=O) groups is 1. The number of halogens is 2. The summed E-state index contributed by atoms with van der Waals surface area (Å²) < 4.78 is 24.6. The van der Waals surface area contributed by atoms with Gasteiger partial charge in [0.05, 0.1) is 29.7 Å². The average Bonchev–Trinajstić information content (AvgIpc) is 2.54. The predicted molar refractivity (Wildman–Crippen MR) is 88.7 cm³/mol. The van der Waals surface area contributed by atoms with Gasteiger partial charge in [-0.3, -0.25) is 0 Å². The number of carbonyl (C=O) groups excluding carboxylic acids is 1. The molecule has 0 atom stereocenters. The molecule has 0 aliphatic carbocycles. The molecular weight excluding hydrogens is 381 g/mol. The van der Waals surface area contributed by atoms with Crippen LogP contribution in [0.1, 0.15) is 17.3 Å². The van der Waals surface area contributed by atoms with Gasteiger partial charge in [-0.25, -0.2) is 19.2 Å². The van der Waals surface area contributed by atoms with Gasteiger partial charge in [0.2, 0.25) is 5.95 Å². The number of rotatable bonds is 5. The summed E-state index contributed by atoms with van der Waals surface area (Å²) in [4.78, 5) is 21.8. The second-order valence-corrected chi connectivity index (χ2v) is 6.07. The Balaban J connectivity index is 1.56. The van der Waals surface area contributed by atoms with Gasteiger partial charge in [-0.1, -0.05) is 0 Å². The zero-order chi connectivity index (χ0) is 17.1. The molecule has 2 heterocycles. The van der Waals surface area contributed by atoms with Gasteiger partial charge in [-0.15, -0.1) is 0 Å². The van der Waals surface area contributed by atoms with Gasteiger partial charge in [-0.2, -0.15) is 0 Å². The number of nitrogens with zero attached hydrogens (tertiary/aromatic N) is 3. The van der Waals surface area contributed by atoms with Crippen molar-refractivity contribution >= 4 is 27.8 Å². The monoisotopic (exact) mass is 395 g/mol. The smallest absolute Gasteiger partial charge is 0.341 e. The highest BCUT2D eigenvalue weighted by atomic mass is 79.9. The molecule has 2 aromatic rings. The van der Waals surface area contributed by atoms with E-state index in [4.69, 9.17) is 9.47 Å². The molecule has 6 nitrogen and oxygen atoms in total. The number of benzene rings is 1. The van der Waals surface area contributed by atoms with E-state index in [1.807, 2.05) is 4.90 Å². The van der Waals surface area contributed by atoms with Crippen LogP contribution < -0.4 is 9.64 Å². The fourth-order valence-corrected chi connectivity index (χ4v) is 2.57. The van der Waals surface area contributed by atoms with E-state index in [2.05, 4.69) is 25.9 Å². The minimum Gasteiger partial charge on any atom is -0.485 e. The lowest BCUT2D eigenvalue weighted by Gasteiger charge is -2.39. The molecule has 1 aliphatic rings. The van der Waals surface area contributed by atoms with Gasteiger partial charge in [0, 0.05) is 18.5 Å². The van der Waals surface area contributed by atoms with Gasteiger partial charge in [0.1, 0.15) is 17.7 Å². The zero-order valence-corrected chi connectivity index (χ0v) is 14.5. The van der Waals surface area contributed by atoms with Gasteiger partial charge in [0.15, 0.2) is 0 Å². The molecule has 0 amide bonds. The highest BCUT2D eigenvalue weighted by Crippen LogP contribution is 2.29. The SMILES string of the molecule is CCOC(=O)c1cnc(N2CC(Oc3cc(F)ccc3Br)C2)nc1. The first-order chi connectivity index (χ1) is 11.6. The first-order valence-corrected chi connectivity index (χ1v) is 8.22. The predicted octanol–water partition coefficient (Wildman–Crippen LogP) is 2.82. The van der Waals surface area contributed by atoms with E-state index in [9.17, 15) is 9.18 Å². The number of hydrogen-bond acceptors (Lipinski definition) is 6. The summed E-state index contributed by atoms with van der Waals surface area (Å²) >= 11 is 3.33. The molecule has 0 radical (unpaired) electrons. The van der Waals surface area contributed by atoms with E-state index in [1.54, 1.807) is 13.0 Å². The third kappa shape index (κ3) is 3.64. The maximum Gasteiger partial charge on any atom is 0.341 e. The normalized spacial score (nSPS) is 14.2. The van der Waals surface area contributed by atoms with Crippen LogP contribution in [0.2, 0.25) is 0 Å². The molecule has 3 rings (SSSR count). The largest absolute Gasteiger partial charge is 0.485 e. The van der Waals surface area contributed by atoms with Crippen LogP contribution in [0.25, 0.3) is 0 Å². The summed E-state index contributed by atoms with van der Waals surface area (Å²) in [5.41, 5.74) is 0.317. The van der Waals surface area contributed by atoms with E-state index in [0.29, 0.717) is 41.4 Å². The van der Waals surface area contributed by atoms with Crippen LogP contribution in [0.5, 0.6) is 5.75 Å². The maximum absolute atomic E-state index is 13.3. The average molecular weight is 396 g/mol. The molecular formula is C16H15BrFN3O3. The first-order valence-electron chi connectivity index (χ1n) is 7.42. The van der Waals surface area contributed by atoms with Gasteiger partial charge < -0.3 is 14.4 Å². The van der Waals surface area contributed by atoms with Crippen LogP contribution >= 0.6 is 15.9 Å². The lowest BCUT2D eigenvalue weighted by molar-refractivity contribution is 0.0525. The van der Waals surface area contributed by atoms with E-state index in [-0.39, 0.29) is 11.9 Å². The Morgan fingerprint density at radius 1 is 1.38 bits per heavy atom. The Labute approximate surface area is 146 Å². The van der Waals surface area contributed by atoms with Crippen LogP contribution in [0, 0.1) is 5.82 Å². The van der Waals surface area contributed by atoms with Crippen molar-refractivity contribution in [3.63, 3.8) is 0 Å². The molecule has 1 aliphatic heterocycles. The van der Waals surface area contributed by atoms with Crippen molar-refractivity contribution in [3.8, 4) is 5.75 Å². The molecule has 0 bridgehead atoms.